The number of Topliss-reactive ketones (excluding diaryl/α,β-unsaturated/α-hetero) is 1. The van der Waals surface area contributed by atoms with E-state index in [-0.39, 0.29) is 17.7 Å². The highest BCUT2D eigenvalue weighted by Gasteiger charge is 2.66. The van der Waals surface area contributed by atoms with Crippen molar-refractivity contribution in [3.63, 3.8) is 0 Å². The average molecular weight is 480 g/mol. The average Bonchev–Trinajstić information content (AvgIpc) is 3.19. The van der Waals surface area contributed by atoms with E-state index in [0.717, 1.165) is 6.07 Å². The second-order valence-corrected chi connectivity index (χ2v) is 9.31. The van der Waals surface area contributed by atoms with Gasteiger partial charge in [-0.3, -0.25) is 14.4 Å². The largest absolute Gasteiger partial charge is 0.507 e. The van der Waals surface area contributed by atoms with Gasteiger partial charge >= 0.3 is 0 Å². The number of rotatable bonds is 7. The fourth-order valence-corrected chi connectivity index (χ4v) is 5.04. The molecule has 1 N–H and O–H groups in total. The van der Waals surface area contributed by atoms with Crippen molar-refractivity contribution in [2.24, 2.45) is 0 Å². The topological polar surface area (TPSA) is 81.2 Å². The zero-order valence-corrected chi connectivity index (χ0v) is 20.5. The molecule has 0 aromatic heterocycles. The van der Waals surface area contributed by atoms with Gasteiger partial charge in [-0.2, -0.15) is 0 Å². The van der Waals surface area contributed by atoms with E-state index < -0.39 is 34.7 Å². The van der Waals surface area contributed by atoms with Crippen LogP contribution in [0.5, 0.6) is 0 Å². The maximum atomic E-state index is 14.4. The van der Waals surface area contributed by atoms with Crippen molar-refractivity contribution in [3.05, 3.63) is 70.5 Å². The van der Waals surface area contributed by atoms with Gasteiger partial charge in [0.15, 0.2) is 5.54 Å². The predicted octanol–water partition coefficient (Wildman–Crippen LogP) is 3.42. The van der Waals surface area contributed by atoms with E-state index in [1.165, 1.54) is 17.0 Å². The van der Waals surface area contributed by atoms with Crippen molar-refractivity contribution >= 4 is 29.0 Å². The van der Waals surface area contributed by atoms with Crippen LogP contribution in [0, 0.1) is 12.7 Å². The second-order valence-electron chi connectivity index (χ2n) is 9.31. The molecule has 1 spiro atoms. The number of aliphatic hydroxyl groups is 1. The molecule has 1 saturated heterocycles. The minimum absolute atomic E-state index is 0.0398. The van der Waals surface area contributed by atoms with Gasteiger partial charge in [-0.05, 0) is 58.1 Å². The van der Waals surface area contributed by atoms with Gasteiger partial charge in [-0.15, -0.1) is 0 Å². The lowest BCUT2D eigenvalue weighted by molar-refractivity contribution is -0.143. The van der Waals surface area contributed by atoms with Crippen LogP contribution in [0.1, 0.15) is 36.5 Å². The van der Waals surface area contributed by atoms with Crippen LogP contribution in [0.3, 0.4) is 0 Å². The Hall–Kier alpha value is -3.52. The first kappa shape index (κ1) is 24.6. The molecular formula is C27H30FN3O4. The molecule has 2 aromatic carbocycles. The summed E-state index contributed by atoms with van der Waals surface area (Å²) in [5, 5.41) is 11.4. The van der Waals surface area contributed by atoms with E-state index in [2.05, 4.69) is 0 Å². The summed E-state index contributed by atoms with van der Waals surface area (Å²) < 4.78 is 14.4. The van der Waals surface area contributed by atoms with Crippen molar-refractivity contribution in [3.8, 4) is 0 Å². The highest BCUT2D eigenvalue weighted by molar-refractivity contribution is 6.50. The lowest BCUT2D eigenvalue weighted by Crippen LogP contribution is -2.52. The summed E-state index contributed by atoms with van der Waals surface area (Å²) in [4.78, 5) is 45.9. The SMILES string of the molecule is CCCN1C(=O)C2(C(=C(O)c3ccc(C)c(F)c3)C(=O)C(=O)N2CCCN(C)C)c2ccccc21. The Labute approximate surface area is 204 Å². The Morgan fingerprint density at radius 3 is 2.46 bits per heavy atom. The number of carbonyl (C=O) groups is 3. The third-order valence-corrected chi connectivity index (χ3v) is 6.69. The van der Waals surface area contributed by atoms with Crippen LogP contribution >= 0.6 is 0 Å². The Morgan fingerprint density at radius 1 is 1.09 bits per heavy atom. The van der Waals surface area contributed by atoms with E-state index >= 15 is 0 Å². The monoisotopic (exact) mass is 479 g/mol. The molecular weight excluding hydrogens is 449 g/mol. The number of benzene rings is 2. The first-order chi connectivity index (χ1) is 16.7. The highest BCUT2D eigenvalue weighted by Crippen LogP contribution is 2.53. The quantitative estimate of drug-likeness (QED) is 0.374. The molecule has 0 saturated carbocycles. The molecule has 1 fully saturated rings. The Balaban J connectivity index is 2.01. The van der Waals surface area contributed by atoms with Crippen LogP contribution in [0.2, 0.25) is 0 Å². The number of ketones is 1. The molecule has 2 amide bonds. The third kappa shape index (κ3) is 3.72. The number of para-hydroxylation sites is 1. The minimum atomic E-state index is -1.81. The molecule has 2 aliphatic rings. The molecule has 7 nitrogen and oxygen atoms in total. The van der Waals surface area contributed by atoms with Crippen molar-refractivity contribution < 1.29 is 23.9 Å². The van der Waals surface area contributed by atoms with Gasteiger partial charge in [-0.25, -0.2) is 4.39 Å². The van der Waals surface area contributed by atoms with Gasteiger partial charge in [-0.1, -0.05) is 37.3 Å². The number of aliphatic hydroxyl groups excluding tert-OH is 1. The molecule has 2 heterocycles. The van der Waals surface area contributed by atoms with Crippen molar-refractivity contribution in [2.45, 2.75) is 32.2 Å². The first-order valence-corrected chi connectivity index (χ1v) is 11.8. The number of nitrogens with zero attached hydrogens (tertiary/aromatic N) is 3. The fraction of sp³-hybridized carbons (Fsp3) is 0.370. The van der Waals surface area contributed by atoms with Crippen molar-refractivity contribution in [1.82, 2.24) is 9.80 Å². The number of likely N-dealkylation sites (tertiary alicyclic amines) is 1. The number of hydrogen-bond donors (Lipinski definition) is 1. The number of amides is 2. The summed E-state index contributed by atoms with van der Waals surface area (Å²) in [6, 6.07) is 11.1. The molecule has 2 aliphatic heterocycles. The molecule has 0 radical (unpaired) electrons. The summed E-state index contributed by atoms with van der Waals surface area (Å²) in [7, 11) is 3.80. The van der Waals surface area contributed by atoms with Crippen LogP contribution in [-0.4, -0.2) is 66.2 Å². The molecule has 35 heavy (non-hydrogen) atoms. The van der Waals surface area contributed by atoms with Crippen LogP contribution in [0.4, 0.5) is 10.1 Å². The van der Waals surface area contributed by atoms with Crippen LogP contribution in [0.25, 0.3) is 5.76 Å². The van der Waals surface area contributed by atoms with Crippen molar-refractivity contribution in [2.75, 3.05) is 38.6 Å². The van der Waals surface area contributed by atoms with Gasteiger partial charge in [0.2, 0.25) is 0 Å². The van der Waals surface area contributed by atoms with Crippen LogP contribution in [-0.2, 0) is 19.9 Å². The molecule has 8 heteroatoms. The Kier molecular flexibility index (Phi) is 6.51. The smallest absolute Gasteiger partial charge is 0.296 e. The summed E-state index contributed by atoms with van der Waals surface area (Å²) in [5.74, 6) is -3.37. The lowest BCUT2D eigenvalue weighted by atomic mass is 9.81. The standard InChI is InChI=1S/C27H30FN3O4/c1-5-13-30-21-10-7-6-9-19(21)27(26(30)35)22(23(32)18-12-11-17(2)20(28)16-18)24(33)25(34)31(27)15-8-14-29(3)4/h6-7,9-12,16,32H,5,8,13-15H2,1-4H3. The molecule has 0 bridgehead atoms. The maximum Gasteiger partial charge on any atom is 0.296 e. The molecule has 0 aliphatic carbocycles. The molecule has 4 rings (SSSR count). The number of aryl methyl sites for hydroxylation is 1. The Morgan fingerprint density at radius 2 is 1.80 bits per heavy atom. The zero-order chi connectivity index (χ0) is 25.5. The normalized spacial score (nSPS) is 21.0. The molecule has 1 atom stereocenters. The van der Waals surface area contributed by atoms with Crippen molar-refractivity contribution in [1.29, 1.82) is 0 Å². The lowest BCUT2D eigenvalue weighted by Gasteiger charge is -2.34. The Bertz CT molecular complexity index is 1240. The summed E-state index contributed by atoms with van der Waals surface area (Å²) in [6.45, 7) is 4.68. The first-order valence-electron chi connectivity index (χ1n) is 11.8. The van der Waals surface area contributed by atoms with E-state index in [9.17, 15) is 23.9 Å². The van der Waals surface area contributed by atoms with Gasteiger partial charge in [0.25, 0.3) is 17.6 Å². The van der Waals surface area contributed by atoms with E-state index in [1.807, 2.05) is 25.9 Å². The predicted molar refractivity (Wildman–Crippen MR) is 131 cm³/mol. The number of halogens is 1. The number of fused-ring (bicyclic) bond motifs is 2. The van der Waals surface area contributed by atoms with Crippen LogP contribution < -0.4 is 4.90 Å². The van der Waals surface area contributed by atoms with Crippen LogP contribution in [0.15, 0.2) is 48.0 Å². The maximum absolute atomic E-state index is 14.4. The van der Waals surface area contributed by atoms with Gasteiger partial charge in [0.1, 0.15) is 11.6 Å². The van der Waals surface area contributed by atoms with E-state index in [1.54, 1.807) is 36.1 Å². The second kappa shape index (κ2) is 9.26. The van der Waals surface area contributed by atoms with Gasteiger partial charge < -0.3 is 19.8 Å². The fourth-order valence-electron chi connectivity index (χ4n) is 5.04. The van der Waals surface area contributed by atoms with Gasteiger partial charge in [0, 0.05) is 24.2 Å². The number of anilines is 1. The third-order valence-electron chi connectivity index (χ3n) is 6.69. The summed E-state index contributed by atoms with van der Waals surface area (Å²) in [5.41, 5.74) is -0.643. The van der Waals surface area contributed by atoms with E-state index in [0.29, 0.717) is 42.7 Å². The van der Waals surface area contributed by atoms with E-state index in [4.69, 9.17) is 0 Å². The molecule has 184 valence electrons. The molecule has 1 unspecified atom stereocenters. The minimum Gasteiger partial charge on any atom is -0.507 e. The number of carbonyl (C=O) groups excluding carboxylic acids is 3. The molecule has 2 aromatic rings. The number of hydrogen-bond acceptors (Lipinski definition) is 5. The van der Waals surface area contributed by atoms with Gasteiger partial charge in [0.05, 0.1) is 11.3 Å². The summed E-state index contributed by atoms with van der Waals surface area (Å²) in [6.07, 6.45) is 1.18. The highest BCUT2D eigenvalue weighted by atomic mass is 19.1. The zero-order valence-electron chi connectivity index (χ0n) is 20.5. The summed E-state index contributed by atoms with van der Waals surface area (Å²) >= 11 is 0.